The minimum Gasteiger partial charge on any atom is -0.439 e. The van der Waals surface area contributed by atoms with Crippen LogP contribution in [0.25, 0.3) is 11.3 Å². The first-order valence-electron chi connectivity index (χ1n) is 7.53. The highest BCUT2D eigenvalue weighted by Gasteiger charge is 2.23. The van der Waals surface area contributed by atoms with E-state index in [9.17, 15) is 0 Å². The Kier molecular flexibility index (Phi) is 4.32. The smallest absolute Gasteiger partial charge is 0.209 e. The third-order valence-corrected chi connectivity index (χ3v) is 4.24. The van der Waals surface area contributed by atoms with Crippen LogP contribution >= 0.6 is 11.6 Å². The molecule has 112 valence electrons. The Morgan fingerprint density at radius 1 is 1.19 bits per heavy atom. The Bertz CT molecular complexity index is 583. The van der Waals surface area contributed by atoms with Crippen LogP contribution in [0.1, 0.15) is 26.2 Å². The summed E-state index contributed by atoms with van der Waals surface area (Å²) in [5, 5.41) is 0.731. The maximum atomic E-state index is 5.91. The zero-order chi connectivity index (χ0) is 14.8. The van der Waals surface area contributed by atoms with E-state index < -0.39 is 0 Å². The molecule has 1 aliphatic rings. The van der Waals surface area contributed by atoms with Gasteiger partial charge in [-0.3, -0.25) is 4.90 Å². The van der Waals surface area contributed by atoms with E-state index in [0.29, 0.717) is 0 Å². The lowest BCUT2D eigenvalue weighted by atomic mass is 9.92. The van der Waals surface area contributed by atoms with Crippen molar-refractivity contribution in [2.45, 2.75) is 26.8 Å². The quantitative estimate of drug-likeness (QED) is 0.837. The summed E-state index contributed by atoms with van der Waals surface area (Å²) in [4.78, 5) is 6.86. The van der Waals surface area contributed by atoms with Gasteiger partial charge in [0.15, 0.2) is 5.76 Å². The Balaban J connectivity index is 1.69. The topological polar surface area (TPSA) is 29.3 Å². The van der Waals surface area contributed by atoms with E-state index in [1.54, 1.807) is 6.20 Å². The molecule has 1 fully saturated rings. The highest BCUT2D eigenvalue weighted by molar-refractivity contribution is 6.30. The SMILES string of the molecule is CC1CC(C)CN(Cc2ncc(-c3ccc(Cl)cc3)o2)C1. The number of halogens is 1. The van der Waals surface area contributed by atoms with Gasteiger partial charge in [-0.15, -0.1) is 0 Å². The highest BCUT2D eigenvalue weighted by atomic mass is 35.5. The first-order chi connectivity index (χ1) is 10.1. The molecule has 1 saturated heterocycles. The molecule has 0 radical (unpaired) electrons. The molecule has 1 aromatic carbocycles. The second-order valence-electron chi connectivity index (χ2n) is 6.27. The van der Waals surface area contributed by atoms with Crippen molar-refractivity contribution in [2.75, 3.05) is 13.1 Å². The van der Waals surface area contributed by atoms with Crippen molar-refractivity contribution in [2.24, 2.45) is 11.8 Å². The monoisotopic (exact) mass is 304 g/mol. The van der Waals surface area contributed by atoms with E-state index in [-0.39, 0.29) is 0 Å². The third-order valence-electron chi connectivity index (χ3n) is 3.99. The summed E-state index contributed by atoms with van der Waals surface area (Å²) in [7, 11) is 0. The number of hydrogen-bond donors (Lipinski definition) is 0. The van der Waals surface area contributed by atoms with Crippen molar-refractivity contribution in [1.82, 2.24) is 9.88 Å². The van der Waals surface area contributed by atoms with Gasteiger partial charge in [0.05, 0.1) is 12.7 Å². The maximum Gasteiger partial charge on any atom is 0.209 e. The molecular formula is C17H21ClN2O. The summed E-state index contributed by atoms with van der Waals surface area (Å²) in [5.74, 6) is 3.10. The van der Waals surface area contributed by atoms with Gasteiger partial charge in [-0.1, -0.05) is 25.4 Å². The van der Waals surface area contributed by atoms with Crippen LogP contribution in [0.5, 0.6) is 0 Å². The number of piperidine rings is 1. The van der Waals surface area contributed by atoms with E-state index in [0.717, 1.165) is 53.7 Å². The number of hydrogen-bond acceptors (Lipinski definition) is 3. The molecule has 2 aromatic rings. The van der Waals surface area contributed by atoms with E-state index >= 15 is 0 Å². The van der Waals surface area contributed by atoms with Crippen LogP contribution < -0.4 is 0 Å². The molecule has 3 nitrogen and oxygen atoms in total. The lowest BCUT2D eigenvalue weighted by Crippen LogP contribution is -2.38. The lowest BCUT2D eigenvalue weighted by molar-refractivity contribution is 0.124. The van der Waals surface area contributed by atoms with Crippen molar-refractivity contribution in [3.63, 3.8) is 0 Å². The average molecular weight is 305 g/mol. The van der Waals surface area contributed by atoms with Crippen LogP contribution in [-0.2, 0) is 6.54 Å². The minimum absolute atomic E-state index is 0.731. The van der Waals surface area contributed by atoms with Crippen molar-refractivity contribution in [1.29, 1.82) is 0 Å². The maximum absolute atomic E-state index is 5.91. The summed E-state index contributed by atoms with van der Waals surface area (Å²) in [6, 6.07) is 7.65. The van der Waals surface area contributed by atoms with E-state index in [1.165, 1.54) is 6.42 Å². The highest BCUT2D eigenvalue weighted by Crippen LogP contribution is 2.25. The first-order valence-corrected chi connectivity index (χ1v) is 7.91. The molecule has 0 spiro atoms. The van der Waals surface area contributed by atoms with Gasteiger partial charge in [-0.2, -0.15) is 0 Å². The number of likely N-dealkylation sites (tertiary alicyclic amines) is 1. The summed E-state index contributed by atoms with van der Waals surface area (Å²) in [5.41, 5.74) is 1.01. The molecule has 1 aromatic heterocycles. The van der Waals surface area contributed by atoms with Gasteiger partial charge in [0.1, 0.15) is 0 Å². The number of rotatable bonds is 3. The van der Waals surface area contributed by atoms with Gasteiger partial charge in [-0.05, 0) is 42.5 Å². The van der Waals surface area contributed by atoms with Gasteiger partial charge in [0, 0.05) is 23.7 Å². The summed E-state index contributed by atoms with van der Waals surface area (Å²) in [6.07, 6.45) is 3.12. The summed E-state index contributed by atoms with van der Waals surface area (Å²) >= 11 is 5.91. The Hall–Kier alpha value is -1.32. The Morgan fingerprint density at radius 3 is 2.52 bits per heavy atom. The number of benzene rings is 1. The van der Waals surface area contributed by atoms with Crippen molar-refractivity contribution in [3.05, 3.63) is 41.4 Å². The van der Waals surface area contributed by atoms with Crippen molar-refractivity contribution < 1.29 is 4.42 Å². The predicted molar refractivity (Wildman–Crippen MR) is 85.2 cm³/mol. The van der Waals surface area contributed by atoms with Crippen LogP contribution in [0.2, 0.25) is 5.02 Å². The first kappa shape index (κ1) is 14.6. The molecule has 2 heterocycles. The summed E-state index contributed by atoms with van der Waals surface area (Å²) < 4.78 is 5.89. The van der Waals surface area contributed by atoms with Gasteiger partial charge < -0.3 is 4.42 Å². The minimum atomic E-state index is 0.731. The molecule has 0 amide bonds. The number of oxazole rings is 1. The fourth-order valence-electron chi connectivity index (χ4n) is 3.24. The third kappa shape index (κ3) is 3.66. The fraction of sp³-hybridized carbons (Fsp3) is 0.471. The van der Waals surface area contributed by atoms with Gasteiger partial charge in [-0.25, -0.2) is 4.98 Å². The van der Waals surface area contributed by atoms with E-state index in [1.807, 2.05) is 24.3 Å². The second-order valence-corrected chi connectivity index (χ2v) is 6.70. The molecule has 0 N–H and O–H groups in total. The largest absolute Gasteiger partial charge is 0.439 e. The normalized spacial score (nSPS) is 23.4. The molecule has 3 rings (SSSR count). The molecule has 2 atom stereocenters. The van der Waals surface area contributed by atoms with Crippen molar-refractivity contribution >= 4 is 11.6 Å². The lowest BCUT2D eigenvalue weighted by Gasteiger charge is -2.34. The number of nitrogens with zero attached hydrogens (tertiary/aromatic N) is 2. The van der Waals surface area contributed by atoms with Gasteiger partial charge >= 0.3 is 0 Å². The average Bonchev–Trinajstić information content (AvgIpc) is 2.87. The predicted octanol–water partition coefficient (Wildman–Crippen LogP) is 4.47. The molecule has 0 bridgehead atoms. The molecule has 21 heavy (non-hydrogen) atoms. The molecule has 4 heteroatoms. The standard InChI is InChI=1S/C17H21ClN2O/c1-12-7-13(2)10-20(9-12)11-17-19-8-16(21-17)14-3-5-15(18)6-4-14/h3-6,8,12-13H,7,9-11H2,1-2H3. The molecule has 2 unspecified atom stereocenters. The Labute approximate surface area is 130 Å². The van der Waals surface area contributed by atoms with Crippen LogP contribution in [0.3, 0.4) is 0 Å². The molecular weight excluding hydrogens is 284 g/mol. The summed E-state index contributed by atoms with van der Waals surface area (Å²) in [6.45, 7) is 7.68. The van der Waals surface area contributed by atoms with Crippen molar-refractivity contribution in [3.8, 4) is 11.3 Å². The zero-order valence-corrected chi connectivity index (χ0v) is 13.3. The Morgan fingerprint density at radius 2 is 1.86 bits per heavy atom. The number of aromatic nitrogens is 1. The molecule has 0 saturated carbocycles. The van der Waals surface area contributed by atoms with Crippen LogP contribution in [-0.4, -0.2) is 23.0 Å². The second kappa shape index (κ2) is 6.20. The van der Waals surface area contributed by atoms with Gasteiger partial charge in [0.2, 0.25) is 5.89 Å². The van der Waals surface area contributed by atoms with E-state index in [2.05, 4.69) is 23.7 Å². The molecule has 0 aliphatic carbocycles. The van der Waals surface area contributed by atoms with Crippen LogP contribution in [0, 0.1) is 11.8 Å². The van der Waals surface area contributed by atoms with Crippen LogP contribution in [0.4, 0.5) is 0 Å². The van der Waals surface area contributed by atoms with Gasteiger partial charge in [0.25, 0.3) is 0 Å². The zero-order valence-electron chi connectivity index (χ0n) is 12.6. The van der Waals surface area contributed by atoms with E-state index in [4.69, 9.17) is 16.0 Å². The van der Waals surface area contributed by atoms with Crippen LogP contribution in [0.15, 0.2) is 34.9 Å². The molecule has 1 aliphatic heterocycles. The fourth-order valence-corrected chi connectivity index (χ4v) is 3.37.